The van der Waals surface area contributed by atoms with Crippen molar-refractivity contribution in [3.63, 3.8) is 0 Å². The minimum absolute atomic E-state index is 0. The summed E-state index contributed by atoms with van der Waals surface area (Å²) in [5.41, 5.74) is 0.511. The van der Waals surface area contributed by atoms with Crippen LogP contribution in [-0.2, 0) is 0 Å². The number of carbonyl (C=O) groups is 1. The number of thiophene rings is 1. The molecule has 20 heavy (non-hydrogen) atoms. The van der Waals surface area contributed by atoms with E-state index >= 15 is 0 Å². The van der Waals surface area contributed by atoms with Crippen molar-refractivity contribution in [3.8, 4) is 9.88 Å². The van der Waals surface area contributed by atoms with Gasteiger partial charge in [-0.2, -0.15) is 0 Å². The maximum absolute atomic E-state index is 11.9. The van der Waals surface area contributed by atoms with E-state index in [0.717, 1.165) is 33.3 Å². The number of hydrogen-bond donors (Lipinski definition) is 2. The van der Waals surface area contributed by atoms with Crippen LogP contribution in [0.1, 0.15) is 10.5 Å². The average Bonchev–Trinajstić information content (AvgIpc) is 2.94. The fourth-order valence-electron chi connectivity index (χ4n) is 1.74. The monoisotopic (exact) mass is 393 g/mol. The van der Waals surface area contributed by atoms with E-state index in [0.29, 0.717) is 11.6 Å². The van der Waals surface area contributed by atoms with E-state index in [1.165, 1.54) is 11.3 Å². The lowest BCUT2D eigenvalue weighted by atomic mass is 10.0. The van der Waals surface area contributed by atoms with Crippen LogP contribution < -0.4 is 10.6 Å². The maximum Gasteiger partial charge on any atom is 0.270 e. The standard InChI is InChI=1S/C12H12BrN3OS2.ClH/c13-10-2-1-9(19-10)12-16-8(6-18-12)11(17)15-5-7-3-14-4-7;/h1-2,6-7,14H,3-5H2,(H,15,17);1H. The minimum Gasteiger partial charge on any atom is -0.350 e. The van der Waals surface area contributed by atoms with Crippen LogP contribution in [0.3, 0.4) is 0 Å². The van der Waals surface area contributed by atoms with Crippen molar-refractivity contribution in [1.82, 2.24) is 15.6 Å². The molecule has 0 saturated carbocycles. The lowest BCUT2D eigenvalue weighted by Crippen LogP contribution is -2.48. The van der Waals surface area contributed by atoms with Crippen LogP contribution in [-0.4, -0.2) is 30.5 Å². The predicted molar refractivity (Wildman–Crippen MR) is 89.1 cm³/mol. The summed E-state index contributed by atoms with van der Waals surface area (Å²) in [6.07, 6.45) is 0. The van der Waals surface area contributed by atoms with Crippen molar-refractivity contribution >= 4 is 56.9 Å². The third kappa shape index (κ3) is 3.59. The zero-order chi connectivity index (χ0) is 13.2. The van der Waals surface area contributed by atoms with Gasteiger partial charge in [-0.3, -0.25) is 4.79 Å². The van der Waals surface area contributed by atoms with E-state index in [1.807, 2.05) is 17.5 Å². The van der Waals surface area contributed by atoms with E-state index in [4.69, 9.17) is 0 Å². The summed E-state index contributed by atoms with van der Waals surface area (Å²) in [6, 6.07) is 4.00. The molecule has 1 aliphatic rings. The second kappa shape index (κ2) is 7.00. The van der Waals surface area contributed by atoms with Gasteiger partial charge < -0.3 is 10.6 Å². The van der Waals surface area contributed by atoms with Crippen LogP contribution >= 0.6 is 51.0 Å². The highest BCUT2D eigenvalue weighted by molar-refractivity contribution is 9.11. The molecule has 0 unspecified atom stereocenters. The molecule has 4 nitrogen and oxygen atoms in total. The van der Waals surface area contributed by atoms with Crippen molar-refractivity contribution in [2.75, 3.05) is 19.6 Å². The van der Waals surface area contributed by atoms with Crippen molar-refractivity contribution in [2.45, 2.75) is 0 Å². The number of thiazole rings is 1. The molecule has 8 heteroatoms. The molecule has 1 amide bonds. The second-order valence-electron chi connectivity index (χ2n) is 4.38. The first-order valence-electron chi connectivity index (χ1n) is 5.92. The molecule has 3 rings (SSSR count). The molecule has 0 spiro atoms. The lowest BCUT2D eigenvalue weighted by molar-refractivity contribution is 0.0938. The van der Waals surface area contributed by atoms with Crippen LogP contribution in [0.2, 0.25) is 0 Å². The van der Waals surface area contributed by atoms with E-state index in [-0.39, 0.29) is 18.3 Å². The van der Waals surface area contributed by atoms with Gasteiger partial charge in [-0.15, -0.1) is 35.1 Å². The number of carbonyl (C=O) groups excluding carboxylic acids is 1. The van der Waals surface area contributed by atoms with Crippen LogP contribution in [0.5, 0.6) is 0 Å². The molecule has 0 atom stereocenters. The fourth-order valence-corrected chi connectivity index (χ4v) is 4.00. The van der Waals surface area contributed by atoms with Crippen molar-refractivity contribution in [1.29, 1.82) is 0 Å². The van der Waals surface area contributed by atoms with Crippen molar-refractivity contribution < 1.29 is 4.79 Å². The third-order valence-electron chi connectivity index (χ3n) is 2.94. The van der Waals surface area contributed by atoms with Crippen LogP contribution in [0.4, 0.5) is 0 Å². The smallest absolute Gasteiger partial charge is 0.270 e. The normalized spacial score (nSPS) is 14.4. The zero-order valence-electron chi connectivity index (χ0n) is 10.4. The molecule has 1 saturated heterocycles. The summed E-state index contributed by atoms with van der Waals surface area (Å²) in [7, 11) is 0. The van der Waals surface area contributed by atoms with E-state index in [9.17, 15) is 4.79 Å². The predicted octanol–water partition coefficient (Wildman–Crippen LogP) is 3.01. The Morgan fingerprint density at radius 3 is 2.90 bits per heavy atom. The molecule has 1 fully saturated rings. The van der Waals surface area contributed by atoms with Crippen LogP contribution in [0.25, 0.3) is 9.88 Å². The van der Waals surface area contributed by atoms with Crippen LogP contribution in [0, 0.1) is 5.92 Å². The largest absolute Gasteiger partial charge is 0.350 e. The first-order chi connectivity index (χ1) is 9.22. The van der Waals surface area contributed by atoms with E-state index in [2.05, 4.69) is 31.5 Å². The molecule has 2 aromatic rings. The molecule has 2 aromatic heterocycles. The van der Waals surface area contributed by atoms with Gasteiger partial charge in [0, 0.05) is 30.9 Å². The summed E-state index contributed by atoms with van der Waals surface area (Å²) >= 11 is 6.56. The second-order valence-corrected chi connectivity index (χ2v) is 7.70. The molecule has 0 radical (unpaired) electrons. The molecular formula is C12H13BrClN3OS2. The topological polar surface area (TPSA) is 54.0 Å². The van der Waals surface area contributed by atoms with E-state index in [1.54, 1.807) is 11.3 Å². The molecule has 0 bridgehead atoms. The number of rotatable bonds is 4. The van der Waals surface area contributed by atoms with Gasteiger partial charge in [-0.25, -0.2) is 4.98 Å². The quantitative estimate of drug-likeness (QED) is 0.838. The first kappa shape index (κ1) is 15.9. The van der Waals surface area contributed by atoms with Gasteiger partial charge >= 0.3 is 0 Å². The lowest BCUT2D eigenvalue weighted by Gasteiger charge is -2.26. The highest BCUT2D eigenvalue weighted by atomic mass is 79.9. The van der Waals surface area contributed by atoms with Gasteiger partial charge in [-0.05, 0) is 28.1 Å². The summed E-state index contributed by atoms with van der Waals surface area (Å²) < 4.78 is 1.07. The number of nitrogens with one attached hydrogen (secondary N) is 2. The maximum atomic E-state index is 11.9. The van der Waals surface area contributed by atoms with Gasteiger partial charge in [0.1, 0.15) is 10.7 Å². The fraction of sp³-hybridized carbons (Fsp3) is 0.333. The Bertz CT molecular complexity index is 597. The van der Waals surface area contributed by atoms with Crippen LogP contribution in [0.15, 0.2) is 21.3 Å². The molecular weight excluding hydrogens is 382 g/mol. The average molecular weight is 395 g/mol. The van der Waals surface area contributed by atoms with Gasteiger partial charge in [0.15, 0.2) is 0 Å². The Morgan fingerprint density at radius 1 is 1.50 bits per heavy atom. The summed E-state index contributed by atoms with van der Waals surface area (Å²) in [5, 5.41) is 8.83. The zero-order valence-corrected chi connectivity index (χ0v) is 14.4. The summed E-state index contributed by atoms with van der Waals surface area (Å²) in [5.74, 6) is 0.486. The number of nitrogens with zero attached hydrogens (tertiary/aromatic N) is 1. The molecule has 2 N–H and O–H groups in total. The Morgan fingerprint density at radius 2 is 2.30 bits per heavy atom. The Labute approximate surface area is 139 Å². The SMILES string of the molecule is Cl.O=C(NCC1CNC1)c1csc(-c2ccc(Br)s2)n1. The summed E-state index contributed by atoms with van der Waals surface area (Å²) in [4.78, 5) is 17.4. The van der Waals surface area contributed by atoms with Crippen molar-refractivity contribution in [3.05, 3.63) is 27.0 Å². The Balaban J connectivity index is 0.00000147. The van der Waals surface area contributed by atoms with Gasteiger partial charge in [0.2, 0.25) is 0 Å². The highest BCUT2D eigenvalue weighted by Gasteiger charge is 2.19. The first-order valence-corrected chi connectivity index (χ1v) is 8.41. The highest BCUT2D eigenvalue weighted by Crippen LogP contribution is 2.33. The Hall–Kier alpha value is -0.470. The number of hydrogen-bond acceptors (Lipinski definition) is 5. The third-order valence-corrected chi connectivity index (χ3v) is 5.57. The van der Waals surface area contributed by atoms with Gasteiger partial charge in [0.25, 0.3) is 5.91 Å². The molecule has 0 aliphatic carbocycles. The Kier molecular flexibility index (Phi) is 5.57. The van der Waals surface area contributed by atoms with Gasteiger partial charge in [-0.1, -0.05) is 0 Å². The molecule has 1 aliphatic heterocycles. The van der Waals surface area contributed by atoms with E-state index < -0.39 is 0 Å². The van der Waals surface area contributed by atoms with Gasteiger partial charge in [0.05, 0.1) is 8.66 Å². The molecule has 108 valence electrons. The summed E-state index contributed by atoms with van der Waals surface area (Å²) in [6.45, 7) is 2.71. The molecule has 0 aromatic carbocycles. The number of aromatic nitrogens is 1. The molecule has 3 heterocycles. The number of amides is 1. The minimum atomic E-state index is -0.0787. The number of halogens is 2. The van der Waals surface area contributed by atoms with Crippen molar-refractivity contribution in [2.24, 2.45) is 5.92 Å².